The lowest BCUT2D eigenvalue weighted by molar-refractivity contribution is -0.384. The molecule has 1 N–H and O–H groups in total. The third kappa shape index (κ3) is 5.17. The first-order chi connectivity index (χ1) is 13.0. The van der Waals surface area contributed by atoms with Crippen LogP contribution in [0.1, 0.15) is 16.3 Å². The van der Waals surface area contributed by atoms with Crippen LogP contribution in [0.2, 0.25) is 0 Å². The van der Waals surface area contributed by atoms with E-state index in [4.69, 9.17) is 9.15 Å². The molecule has 27 heavy (non-hydrogen) atoms. The molecule has 2 heterocycles. The molecule has 0 bridgehead atoms. The third-order valence-corrected chi connectivity index (χ3v) is 3.95. The zero-order valence-corrected chi connectivity index (χ0v) is 15.6. The second-order valence-electron chi connectivity index (χ2n) is 5.48. The lowest BCUT2D eigenvalue weighted by Crippen LogP contribution is -2.27. The Kier molecular flexibility index (Phi) is 5.87. The number of hydrogen-bond donors (Lipinski definition) is 1. The first-order valence-electron chi connectivity index (χ1n) is 7.93. The van der Waals surface area contributed by atoms with Gasteiger partial charge in [-0.25, -0.2) is 0 Å². The first kappa shape index (κ1) is 18.6. The van der Waals surface area contributed by atoms with E-state index in [9.17, 15) is 14.9 Å². The Balaban J connectivity index is 1.47. The second-order valence-corrected chi connectivity index (χ2v) is 6.40. The van der Waals surface area contributed by atoms with E-state index in [1.165, 1.54) is 24.3 Å². The summed E-state index contributed by atoms with van der Waals surface area (Å²) in [5.41, 5.74) is -0.0122. The van der Waals surface area contributed by atoms with E-state index < -0.39 is 4.92 Å². The molecule has 9 nitrogen and oxygen atoms in total. The minimum atomic E-state index is -0.480. The van der Waals surface area contributed by atoms with Crippen molar-refractivity contribution in [2.24, 2.45) is 0 Å². The highest BCUT2D eigenvalue weighted by Gasteiger charge is 2.11. The number of carbonyl (C=O) groups excluding carboxylic acids is 1. The molecule has 0 unspecified atom stereocenters. The largest absolute Gasteiger partial charge is 0.486 e. The van der Waals surface area contributed by atoms with Crippen LogP contribution in [0.5, 0.6) is 5.75 Å². The number of ether oxygens (including phenoxy) is 1. The number of nitrogens with one attached hydrogen (secondary N) is 1. The number of benzene rings is 1. The fourth-order valence-corrected chi connectivity index (χ4v) is 2.56. The molecule has 3 rings (SSSR count). The van der Waals surface area contributed by atoms with Crippen molar-refractivity contribution in [2.75, 3.05) is 6.54 Å². The van der Waals surface area contributed by atoms with Gasteiger partial charge in [-0.1, -0.05) is 0 Å². The molecule has 1 amide bonds. The van der Waals surface area contributed by atoms with Crippen LogP contribution in [0.4, 0.5) is 5.69 Å². The van der Waals surface area contributed by atoms with Gasteiger partial charge in [0.05, 0.1) is 22.1 Å². The Labute approximate surface area is 162 Å². The number of nitro groups is 1. The maximum atomic E-state index is 12.1. The average Bonchev–Trinajstić information content (AvgIpc) is 3.29. The summed E-state index contributed by atoms with van der Waals surface area (Å²) in [5.74, 6) is 0.782. The van der Waals surface area contributed by atoms with E-state index in [0.717, 1.165) is 4.47 Å². The molecule has 10 heteroatoms. The number of halogens is 1. The van der Waals surface area contributed by atoms with Gasteiger partial charge in [0, 0.05) is 24.9 Å². The molecule has 140 valence electrons. The minimum absolute atomic E-state index is 0.0122. The quantitative estimate of drug-likeness (QED) is 0.430. The van der Waals surface area contributed by atoms with Crippen molar-refractivity contribution in [3.63, 3.8) is 0 Å². The van der Waals surface area contributed by atoms with Crippen LogP contribution in [0, 0.1) is 10.1 Å². The minimum Gasteiger partial charge on any atom is -0.486 e. The number of rotatable bonds is 8. The molecular formula is C17H15BrN4O5. The molecule has 0 atom stereocenters. The number of non-ortho nitro benzene ring substituents is 1. The van der Waals surface area contributed by atoms with E-state index >= 15 is 0 Å². The lowest BCUT2D eigenvalue weighted by atomic mass is 10.3. The summed E-state index contributed by atoms with van der Waals surface area (Å²) in [5, 5.41) is 17.5. The Morgan fingerprint density at radius 1 is 1.30 bits per heavy atom. The molecule has 0 spiro atoms. The SMILES string of the molecule is O=C(NCCn1cc(Br)cn1)c1ccc(COc2ccc([N+](=O)[O-])cc2)o1. The molecular weight excluding hydrogens is 420 g/mol. The van der Waals surface area contributed by atoms with Gasteiger partial charge >= 0.3 is 0 Å². The van der Waals surface area contributed by atoms with E-state index in [2.05, 4.69) is 26.3 Å². The van der Waals surface area contributed by atoms with E-state index in [1.54, 1.807) is 23.0 Å². The summed E-state index contributed by atoms with van der Waals surface area (Å²) in [6, 6.07) is 8.92. The molecule has 0 aliphatic heterocycles. The van der Waals surface area contributed by atoms with Gasteiger partial charge in [0.2, 0.25) is 0 Å². The fraction of sp³-hybridized carbons (Fsp3) is 0.176. The highest BCUT2D eigenvalue weighted by molar-refractivity contribution is 9.10. The van der Waals surface area contributed by atoms with Crippen LogP contribution < -0.4 is 10.1 Å². The van der Waals surface area contributed by atoms with Crippen LogP contribution in [0.3, 0.4) is 0 Å². The summed E-state index contributed by atoms with van der Waals surface area (Å²) in [7, 11) is 0. The van der Waals surface area contributed by atoms with Gasteiger partial charge in [-0.15, -0.1) is 0 Å². The zero-order valence-electron chi connectivity index (χ0n) is 14.0. The standard InChI is InChI=1S/C17H15BrN4O5/c18-12-9-20-21(10-12)8-7-19-17(23)16-6-5-15(27-16)11-26-14-3-1-13(2-4-14)22(24)25/h1-6,9-10H,7-8,11H2,(H,19,23). The molecule has 0 aliphatic carbocycles. The molecule has 0 radical (unpaired) electrons. The van der Waals surface area contributed by atoms with Crippen molar-refractivity contribution in [2.45, 2.75) is 13.2 Å². The smallest absolute Gasteiger partial charge is 0.287 e. The molecule has 0 saturated carbocycles. The van der Waals surface area contributed by atoms with Gasteiger partial charge in [-0.3, -0.25) is 19.6 Å². The predicted octanol–water partition coefficient (Wildman–Crippen LogP) is 3.16. The predicted molar refractivity (Wildman–Crippen MR) is 98.4 cm³/mol. The van der Waals surface area contributed by atoms with E-state index in [0.29, 0.717) is 24.6 Å². The number of hydrogen-bond acceptors (Lipinski definition) is 6. The van der Waals surface area contributed by atoms with Crippen LogP contribution in [-0.2, 0) is 13.2 Å². The van der Waals surface area contributed by atoms with Gasteiger partial charge in [-0.05, 0) is 40.2 Å². The third-order valence-electron chi connectivity index (χ3n) is 3.54. The summed E-state index contributed by atoms with van der Waals surface area (Å²) in [4.78, 5) is 22.2. The van der Waals surface area contributed by atoms with Crippen LogP contribution in [0.25, 0.3) is 0 Å². The Morgan fingerprint density at radius 2 is 2.07 bits per heavy atom. The Hall–Kier alpha value is -3.14. The Bertz CT molecular complexity index is 935. The summed E-state index contributed by atoms with van der Waals surface area (Å²) in [6.07, 6.45) is 3.48. The summed E-state index contributed by atoms with van der Waals surface area (Å²) >= 11 is 3.31. The number of nitro benzene ring substituents is 1. The van der Waals surface area contributed by atoms with Gasteiger partial charge < -0.3 is 14.5 Å². The normalized spacial score (nSPS) is 10.6. The van der Waals surface area contributed by atoms with Crippen molar-refractivity contribution in [1.82, 2.24) is 15.1 Å². The second kappa shape index (κ2) is 8.49. The maximum absolute atomic E-state index is 12.1. The number of aromatic nitrogens is 2. The lowest BCUT2D eigenvalue weighted by Gasteiger charge is -2.04. The van der Waals surface area contributed by atoms with Crippen molar-refractivity contribution in [3.05, 3.63) is 74.9 Å². The average molecular weight is 435 g/mol. The van der Waals surface area contributed by atoms with Gasteiger partial charge in [0.1, 0.15) is 18.1 Å². The molecule has 0 fully saturated rings. The van der Waals surface area contributed by atoms with E-state index in [1.807, 2.05) is 6.20 Å². The number of nitrogens with zero attached hydrogens (tertiary/aromatic N) is 3. The first-order valence-corrected chi connectivity index (χ1v) is 8.73. The highest BCUT2D eigenvalue weighted by Crippen LogP contribution is 2.19. The van der Waals surface area contributed by atoms with Crippen LogP contribution in [0.15, 0.2) is 57.7 Å². The maximum Gasteiger partial charge on any atom is 0.287 e. The number of furan rings is 1. The van der Waals surface area contributed by atoms with E-state index in [-0.39, 0.29) is 24.0 Å². The van der Waals surface area contributed by atoms with Crippen LogP contribution >= 0.6 is 15.9 Å². The van der Waals surface area contributed by atoms with Crippen molar-refractivity contribution in [3.8, 4) is 5.75 Å². The van der Waals surface area contributed by atoms with Crippen LogP contribution in [-0.4, -0.2) is 27.2 Å². The van der Waals surface area contributed by atoms with Crippen molar-refractivity contribution < 1.29 is 18.9 Å². The molecule has 0 aliphatic rings. The summed E-state index contributed by atoms with van der Waals surface area (Å²) in [6.45, 7) is 1.04. The van der Waals surface area contributed by atoms with Gasteiger partial charge in [0.15, 0.2) is 5.76 Å². The summed E-state index contributed by atoms with van der Waals surface area (Å²) < 4.78 is 13.5. The monoisotopic (exact) mass is 434 g/mol. The fourth-order valence-electron chi connectivity index (χ4n) is 2.23. The number of amides is 1. The topological polar surface area (TPSA) is 112 Å². The molecule has 0 saturated heterocycles. The number of carbonyl (C=O) groups is 1. The van der Waals surface area contributed by atoms with Crippen molar-refractivity contribution >= 4 is 27.5 Å². The Morgan fingerprint density at radius 3 is 2.74 bits per heavy atom. The van der Waals surface area contributed by atoms with Crippen molar-refractivity contribution in [1.29, 1.82) is 0 Å². The molecule has 2 aromatic heterocycles. The van der Waals surface area contributed by atoms with Gasteiger partial charge in [0.25, 0.3) is 11.6 Å². The highest BCUT2D eigenvalue weighted by atomic mass is 79.9. The zero-order chi connectivity index (χ0) is 19.2. The van der Waals surface area contributed by atoms with Gasteiger partial charge in [-0.2, -0.15) is 5.10 Å². The molecule has 1 aromatic carbocycles. The molecule has 3 aromatic rings.